The fourth-order valence-electron chi connectivity index (χ4n) is 4.58. The minimum Gasteiger partial charge on any atom is -0.480 e. The van der Waals surface area contributed by atoms with Crippen LogP contribution in [0.3, 0.4) is 0 Å². The molecule has 36 heavy (non-hydrogen) atoms. The smallest absolute Gasteiger partial charge is 0.226 e. The first-order valence-electron chi connectivity index (χ1n) is 12.6. The number of hydrogen-bond donors (Lipinski definition) is 3. The van der Waals surface area contributed by atoms with Crippen LogP contribution in [0, 0.1) is 5.41 Å². The Hall–Kier alpha value is -3.46. The van der Waals surface area contributed by atoms with Gasteiger partial charge in [-0.2, -0.15) is 0 Å². The molecule has 3 aromatic rings. The Morgan fingerprint density at radius 2 is 2.00 bits per heavy atom. The minimum atomic E-state index is -0.469. The molecule has 2 aromatic heterocycles. The molecule has 192 valence electrons. The minimum absolute atomic E-state index is 0.0100. The molecule has 1 aliphatic rings. The maximum atomic E-state index is 13.3. The van der Waals surface area contributed by atoms with Gasteiger partial charge in [-0.3, -0.25) is 9.59 Å². The van der Waals surface area contributed by atoms with E-state index in [9.17, 15) is 9.59 Å². The van der Waals surface area contributed by atoms with Crippen molar-refractivity contribution < 1.29 is 19.1 Å². The van der Waals surface area contributed by atoms with Crippen LogP contribution in [0.2, 0.25) is 0 Å². The molecule has 9 nitrogen and oxygen atoms in total. The molecule has 9 heteroatoms. The second-order valence-corrected chi connectivity index (χ2v) is 9.68. The van der Waals surface area contributed by atoms with Gasteiger partial charge in [-0.1, -0.05) is 38.0 Å². The number of fused-ring (bicyclic) bond motifs is 1. The van der Waals surface area contributed by atoms with Crippen LogP contribution in [0.1, 0.15) is 63.7 Å². The molecule has 3 heterocycles. The highest BCUT2D eigenvalue weighted by Crippen LogP contribution is 2.33. The van der Waals surface area contributed by atoms with Crippen molar-refractivity contribution in [3.8, 4) is 17.1 Å². The maximum Gasteiger partial charge on any atom is 0.226 e. The van der Waals surface area contributed by atoms with Gasteiger partial charge in [0, 0.05) is 25.0 Å². The van der Waals surface area contributed by atoms with Crippen LogP contribution in [0.4, 0.5) is 0 Å². The van der Waals surface area contributed by atoms with Gasteiger partial charge in [0.05, 0.1) is 41.5 Å². The van der Waals surface area contributed by atoms with Crippen molar-refractivity contribution in [2.24, 2.45) is 11.1 Å². The zero-order chi connectivity index (χ0) is 25.5. The monoisotopic (exact) mass is 493 g/mol. The largest absolute Gasteiger partial charge is 0.480 e. The molecule has 4 N–H and O–H groups in total. The second kappa shape index (κ2) is 11.5. The fourth-order valence-corrected chi connectivity index (χ4v) is 4.58. The number of aromatic amines is 1. The van der Waals surface area contributed by atoms with E-state index in [1.807, 2.05) is 37.3 Å². The number of aromatic nitrogens is 3. The predicted molar refractivity (Wildman–Crippen MR) is 137 cm³/mol. The van der Waals surface area contributed by atoms with Gasteiger partial charge in [0.2, 0.25) is 17.7 Å². The number of carbonyl (C=O) groups excluding carboxylic acids is 2. The number of para-hydroxylation sites is 1. The van der Waals surface area contributed by atoms with Gasteiger partial charge < -0.3 is 25.5 Å². The first kappa shape index (κ1) is 25.6. The van der Waals surface area contributed by atoms with Gasteiger partial charge in [-0.15, -0.1) is 0 Å². The molecule has 0 aliphatic carbocycles. The average molecular weight is 494 g/mol. The number of unbranched alkanes of at least 4 members (excludes halogenated alkanes) is 2. The van der Waals surface area contributed by atoms with Gasteiger partial charge >= 0.3 is 0 Å². The van der Waals surface area contributed by atoms with Gasteiger partial charge in [0.1, 0.15) is 5.82 Å². The molecule has 4 rings (SSSR count). The molecule has 0 spiro atoms. The molecule has 0 unspecified atom stereocenters. The highest BCUT2D eigenvalue weighted by Gasteiger charge is 2.36. The summed E-state index contributed by atoms with van der Waals surface area (Å²) in [6, 6.07) is 9.60. The normalized spacial score (nSPS) is 15.9. The van der Waals surface area contributed by atoms with E-state index in [1.165, 1.54) is 0 Å². The molecule has 0 radical (unpaired) electrons. The Bertz CT molecular complexity index is 1200. The summed E-state index contributed by atoms with van der Waals surface area (Å²) >= 11 is 0. The van der Waals surface area contributed by atoms with E-state index in [0.29, 0.717) is 50.6 Å². The number of benzene rings is 1. The van der Waals surface area contributed by atoms with Gasteiger partial charge in [0.25, 0.3) is 0 Å². The highest BCUT2D eigenvalue weighted by molar-refractivity contribution is 5.85. The summed E-state index contributed by atoms with van der Waals surface area (Å²) in [4.78, 5) is 37.1. The summed E-state index contributed by atoms with van der Waals surface area (Å²) in [6.07, 6.45) is 6.60. The van der Waals surface area contributed by atoms with E-state index in [1.54, 1.807) is 13.3 Å². The Labute approximate surface area is 211 Å². The first-order chi connectivity index (χ1) is 17.4. The van der Waals surface area contributed by atoms with E-state index < -0.39 is 5.41 Å². The molecule has 0 saturated carbocycles. The molecule has 1 atom stereocenters. The Morgan fingerprint density at radius 3 is 2.75 bits per heavy atom. The van der Waals surface area contributed by atoms with E-state index in [0.717, 1.165) is 41.4 Å². The molecule has 0 bridgehead atoms. The Morgan fingerprint density at radius 1 is 1.22 bits per heavy atom. The van der Waals surface area contributed by atoms with E-state index in [4.69, 9.17) is 15.2 Å². The molecule has 1 aliphatic heterocycles. The quantitative estimate of drug-likeness (QED) is 0.345. The number of hydrogen-bond acceptors (Lipinski definition) is 6. The van der Waals surface area contributed by atoms with Crippen LogP contribution in [0.5, 0.6) is 5.88 Å². The van der Waals surface area contributed by atoms with E-state index >= 15 is 0 Å². The number of pyridine rings is 1. The SMILES string of the molecule is COc1nc2ccccc2cc1-c1cnc([C@H](CCCCCC(N)=O)NC(=O)C2(C)CCOCC2)[nH]1. The second-order valence-electron chi connectivity index (χ2n) is 9.68. The number of methoxy groups -OCH3 is 1. The van der Waals surface area contributed by atoms with Crippen molar-refractivity contribution >= 4 is 22.7 Å². The standard InChI is InChI=1S/C27H35N5O4/c1-27(12-14-36-15-13-27)26(34)32-21(10-4-3-5-11-23(28)33)24-29-17-22(30-24)19-16-18-8-6-7-9-20(18)31-25(19)35-2/h6-9,16-17,21H,3-5,10-15H2,1-2H3,(H2,28,33)(H,29,30)(H,32,34)/t21-/m0/s1. The third-order valence-electron chi connectivity index (χ3n) is 6.96. The van der Waals surface area contributed by atoms with Crippen LogP contribution in [-0.4, -0.2) is 47.1 Å². The number of H-pyrrole nitrogens is 1. The Balaban J connectivity index is 1.56. The lowest BCUT2D eigenvalue weighted by Gasteiger charge is -2.33. The highest BCUT2D eigenvalue weighted by atomic mass is 16.5. The van der Waals surface area contributed by atoms with Crippen LogP contribution in [-0.2, 0) is 14.3 Å². The molecular formula is C27H35N5O4. The van der Waals surface area contributed by atoms with Crippen LogP contribution in [0.25, 0.3) is 22.2 Å². The van der Waals surface area contributed by atoms with E-state index in [2.05, 4.69) is 20.3 Å². The van der Waals surface area contributed by atoms with Crippen molar-refractivity contribution in [3.63, 3.8) is 0 Å². The van der Waals surface area contributed by atoms with Crippen molar-refractivity contribution in [2.45, 2.75) is 57.9 Å². The maximum absolute atomic E-state index is 13.3. The number of primary amides is 1. The fraction of sp³-hybridized carbons (Fsp3) is 0.481. The number of nitrogens with two attached hydrogens (primary N) is 1. The zero-order valence-electron chi connectivity index (χ0n) is 21.0. The third-order valence-corrected chi connectivity index (χ3v) is 6.96. The van der Waals surface area contributed by atoms with E-state index in [-0.39, 0.29) is 17.9 Å². The van der Waals surface area contributed by atoms with Gasteiger partial charge in [0.15, 0.2) is 0 Å². The first-order valence-corrected chi connectivity index (χ1v) is 12.6. The molecule has 1 aromatic carbocycles. The number of rotatable bonds is 11. The zero-order valence-corrected chi connectivity index (χ0v) is 21.0. The number of imidazole rings is 1. The predicted octanol–water partition coefficient (Wildman–Crippen LogP) is 4.04. The summed E-state index contributed by atoms with van der Waals surface area (Å²) in [6.45, 7) is 3.16. The molecule has 1 saturated heterocycles. The van der Waals surface area contributed by atoms with Crippen LogP contribution < -0.4 is 15.8 Å². The topological polar surface area (TPSA) is 132 Å². The van der Waals surface area contributed by atoms with Crippen molar-refractivity contribution in [2.75, 3.05) is 20.3 Å². The number of carbonyl (C=O) groups is 2. The van der Waals surface area contributed by atoms with Crippen molar-refractivity contribution in [1.82, 2.24) is 20.3 Å². The van der Waals surface area contributed by atoms with Gasteiger partial charge in [-0.05, 0) is 37.8 Å². The summed E-state index contributed by atoms with van der Waals surface area (Å²) in [5, 5.41) is 4.24. The summed E-state index contributed by atoms with van der Waals surface area (Å²) in [5.41, 5.74) is 7.22. The summed E-state index contributed by atoms with van der Waals surface area (Å²) in [7, 11) is 1.60. The lowest BCUT2D eigenvalue weighted by Crippen LogP contribution is -2.44. The van der Waals surface area contributed by atoms with Crippen LogP contribution >= 0.6 is 0 Å². The van der Waals surface area contributed by atoms with Crippen LogP contribution in [0.15, 0.2) is 36.5 Å². The number of nitrogens with zero attached hydrogens (tertiary/aromatic N) is 2. The van der Waals surface area contributed by atoms with Crippen molar-refractivity contribution in [3.05, 3.63) is 42.4 Å². The number of ether oxygens (including phenoxy) is 2. The van der Waals surface area contributed by atoms with Crippen molar-refractivity contribution in [1.29, 1.82) is 0 Å². The lowest BCUT2D eigenvalue weighted by atomic mass is 9.81. The number of nitrogens with one attached hydrogen (secondary N) is 2. The third kappa shape index (κ3) is 6.02. The molecule has 1 fully saturated rings. The summed E-state index contributed by atoms with van der Waals surface area (Å²) < 4.78 is 11.0. The number of amides is 2. The molecule has 2 amide bonds. The molecular weight excluding hydrogens is 458 g/mol. The lowest BCUT2D eigenvalue weighted by molar-refractivity contribution is -0.136. The average Bonchev–Trinajstić information content (AvgIpc) is 3.37. The van der Waals surface area contributed by atoms with Gasteiger partial charge in [-0.25, -0.2) is 9.97 Å². The summed E-state index contributed by atoms with van der Waals surface area (Å²) in [5.74, 6) is 0.904. The Kier molecular flexibility index (Phi) is 8.20.